The Bertz CT molecular complexity index is 634. The van der Waals surface area contributed by atoms with Crippen LogP contribution < -0.4 is 10.1 Å². The third kappa shape index (κ3) is 4.05. The molecule has 104 valence electrons. The molecule has 0 aliphatic rings. The second-order valence-corrected chi connectivity index (χ2v) is 5.66. The third-order valence-electron chi connectivity index (χ3n) is 2.40. The maximum absolute atomic E-state index is 13.4. The molecule has 2 rings (SSSR count). The topological polar surface area (TPSA) is 38.3 Å². The van der Waals surface area contributed by atoms with Crippen LogP contribution in [-0.4, -0.2) is 12.5 Å². The molecule has 0 aliphatic heterocycles. The predicted molar refractivity (Wildman–Crippen MR) is 82.4 cm³/mol. The largest absolute Gasteiger partial charge is 0.481 e. The monoisotopic (exact) mass is 401 g/mol. The number of nitrogens with one attached hydrogen (secondary N) is 1. The number of ether oxygens (including phenoxy) is 1. The lowest BCUT2D eigenvalue weighted by Crippen LogP contribution is -2.20. The molecule has 2 aromatic carbocycles. The van der Waals surface area contributed by atoms with E-state index in [2.05, 4.69) is 37.2 Å². The Labute approximate surface area is 132 Å². The van der Waals surface area contributed by atoms with E-state index in [9.17, 15) is 9.18 Å². The minimum absolute atomic E-state index is 0.0293. The molecule has 0 unspecified atom stereocenters. The number of hydrogen-bond acceptors (Lipinski definition) is 2. The second kappa shape index (κ2) is 6.85. The fraction of sp³-hybridized carbons (Fsp3) is 0.0714. The standard InChI is InChI=1S/C14H10Br2FNO2/c15-9-5-6-11(17)13(7-9)20-8-14(19)18-12-4-2-1-3-10(12)16/h1-7H,8H2,(H,18,19). The van der Waals surface area contributed by atoms with Gasteiger partial charge >= 0.3 is 0 Å². The zero-order valence-electron chi connectivity index (χ0n) is 10.2. The lowest BCUT2D eigenvalue weighted by molar-refractivity contribution is -0.118. The molecule has 0 spiro atoms. The van der Waals surface area contributed by atoms with Crippen LogP contribution in [0.5, 0.6) is 5.75 Å². The van der Waals surface area contributed by atoms with Crippen molar-refractivity contribution in [2.24, 2.45) is 0 Å². The zero-order valence-corrected chi connectivity index (χ0v) is 13.4. The first kappa shape index (κ1) is 15.0. The SMILES string of the molecule is O=C(COc1cc(Br)ccc1F)Nc1ccccc1Br. The first-order valence-corrected chi connectivity index (χ1v) is 7.27. The summed E-state index contributed by atoms with van der Waals surface area (Å²) in [5.41, 5.74) is 0.635. The molecule has 0 heterocycles. The zero-order chi connectivity index (χ0) is 14.5. The molecule has 0 bridgehead atoms. The first-order chi connectivity index (χ1) is 9.56. The molecule has 20 heavy (non-hydrogen) atoms. The predicted octanol–water partition coefficient (Wildman–Crippen LogP) is 4.37. The van der Waals surface area contributed by atoms with Crippen LogP contribution in [0.2, 0.25) is 0 Å². The van der Waals surface area contributed by atoms with Gasteiger partial charge in [-0.2, -0.15) is 0 Å². The molecule has 0 aromatic heterocycles. The smallest absolute Gasteiger partial charge is 0.262 e. The van der Waals surface area contributed by atoms with Gasteiger partial charge in [-0.3, -0.25) is 4.79 Å². The Morgan fingerprint density at radius 2 is 1.95 bits per heavy atom. The Balaban J connectivity index is 1.96. The van der Waals surface area contributed by atoms with Gasteiger partial charge in [0, 0.05) is 8.95 Å². The summed E-state index contributed by atoms with van der Waals surface area (Å²) in [7, 11) is 0. The van der Waals surface area contributed by atoms with Gasteiger partial charge in [-0.1, -0.05) is 28.1 Å². The number of carbonyl (C=O) groups is 1. The summed E-state index contributed by atoms with van der Waals surface area (Å²) < 4.78 is 20.0. The number of rotatable bonds is 4. The summed E-state index contributed by atoms with van der Waals surface area (Å²) >= 11 is 6.53. The fourth-order valence-electron chi connectivity index (χ4n) is 1.48. The van der Waals surface area contributed by atoms with Gasteiger partial charge in [0.2, 0.25) is 0 Å². The summed E-state index contributed by atoms with van der Waals surface area (Å²) in [5, 5.41) is 2.67. The molecule has 6 heteroatoms. The first-order valence-electron chi connectivity index (χ1n) is 5.68. The molecule has 2 aromatic rings. The molecule has 1 amide bonds. The molecule has 0 saturated heterocycles. The van der Waals surface area contributed by atoms with Crippen LogP contribution in [0.1, 0.15) is 0 Å². The van der Waals surface area contributed by atoms with E-state index in [0.717, 1.165) is 4.47 Å². The van der Waals surface area contributed by atoms with Gasteiger partial charge in [0.15, 0.2) is 18.2 Å². The van der Waals surface area contributed by atoms with Crippen molar-refractivity contribution in [3.05, 3.63) is 57.2 Å². The van der Waals surface area contributed by atoms with Gasteiger partial charge in [0.25, 0.3) is 5.91 Å². The second-order valence-electron chi connectivity index (χ2n) is 3.89. The number of halogens is 3. The molecule has 1 N–H and O–H groups in total. The van der Waals surface area contributed by atoms with Crippen LogP contribution in [0.15, 0.2) is 51.4 Å². The van der Waals surface area contributed by atoms with E-state index in [1.54, 1.807) is 18.2 Å². The molecule has 0 radical (unpaired) electrons. The van der Waals surface area contributed by atoms with Crippen molar-refractivity contribution in [3.63, 3.8) is 0 Å². The van der Waals surface area contributed by atoms with E-state index >= 15 is 0 Å². The number of hydrogen-bond donors (Lipinski definition) is 1. The number of benzene rings is 2. The molecular weight excluding hydrogens is 393 g/mol. The highest BCUT2D eigenvalue weighted by Gasteiger charge is 2.09. The Morgan fingerprint density at radius 1 is 1.20 bits per heavy atom. The van der Waals surface area contributed by atoms with Crippen LogP contribution in [0.4, 0.5) is 10.1 Å². The van der Waals surface area contributed by atoms with E-state index < -0.39 is 5.82 Å². The maximum atomic E-state index is 13.4. The van der Waals surface area contributed by atoms with E-state index in [4.69, 9.17) is 4.74 Å². The van der Waals surface area contributed by atoms with Gasteiger partial charge in [-0.15, -0.1) is 0 Å². The Kier molecular flexibility index (Phi) is 5.14. The van der Waals surface area contributed by atoms with Crippen molar-refractivity contribution in [2.75, 3.05) is 11.9 Å². The fourth-order valence-corrected chi connectivity index (χ4v) is 2.20. The number of carbonyl (C=O) groups excluding carboxylic acids is 1. The summed E-state index contributed by atoms with van der Waals surface area (Å²) in [6.07, 6.45) is 0. The maximum Gasteiger partial charge on any atom is 0.262 e. The van der Waals surface area contributed by atoms with Gasteiger partial charge < -0.3 is 10.1 Å². The highest BCUT2D eigenvalue weighted by molar-refractivity contribution is 9.10. The highest BCUT2D eigenvalue weighted by Crippen LogP contribution is 2.23. The van der Waals surface area contributed by atoms with E-state index in [0.29, 0.717) is 10.2 Å². The van der Waals surface area contributed by atoms with Crippen LogP contribution in [0, 0.1) is 5.82 Å². The van der Waals surface area contributed by atoms with Crippen molar-refractivity contribution in [3.8, 4) is 5.75 Å². The minimum atomic E-state index is -0.512. The van der Waals surface area contributed by atoms with E-state index in [1.165, 1.54) is 12.1 Å². The summed E-state index contributed by atoms with van der Waals surface area (Å²) in [6.45, 7) is -0.269. The van der Waals surface area contributed by atoms with Crippen molar-refractivity contribution in [2.45, 2.75) is 0 Å². The molecule has 0 saturated carbocycles. The van der Waals surface area contributed by atoms with Crippen molar-refractivity contribution in [1.82, 2.24) is 0 Å². The van der Waals surface area contributed by atoms with Crippen molar-refractivity contribution in [1.29, 1.82) is 0 Å². The third-order valence-corrected chi connectivity index (χ3v) is 3.58. The van der Waals surface area contributed by atoms with Crippen LogP contribution in [0.3, 0.4) is 0 Å². The lowest BCUT2D eigenvalue weighted by Gasteiger charge is -2.09. The average molecular weight is 403 g/mol. The minimum Gasteiger partial charge on any atom is -0.481 e. The van der Waals surface area contributed by atoms with Crippen LogP contribution >= 0.6 is 31.9 Å². The van der Waals surface area contributed by atoms with Crippen LogP contribution in [0.25, 0.3) is 0 Å². The molecule has 0 atom stereocenters. The van der Waals surface area contributed by atoms with Crippen molar-refractivity contribution >= 4 is 43.5 Å². The lowest BCUT2D eigenvalue weighted by atomic mass is 10.3. The Morgan fingerprint density at radius 3 is 2.70 bits per heavy atom. The van der Waals surface area contributed by atoms with E-state index in [-0.39, 0.29) is 18.3 Å². The molecular formula is C14H10Br2FNO2. The van der Waals surface area contributed by atoms with Gasteiger partial charge in [-0.05, 0) is 46.3 Å². The van der Waals surface area contributed by atoms with Gasteiger partial charge in [-0.25, -0.2) is 4.39 Å². The number of amides is 1. The Hall–Kier alpha value is -1.40. The summed E-state index contributed by atoms with van der Waals surface area (Å²) in [4.78, 5) is 11.7. The normalized spacial score (nSPS) is 10.2. The average Bonchev–Trinajstić information content (AvgIpc) is 2.42. The van der Waals surface area contributed by atoms with E-state index in [1.807, 2.05) is 12.1 Å². The quantitative estimate of drug-likeness (QED) is 0.824. The molecule has 0 aliphatic carbocycles. The summed E-state index contributed by atoms with van der Waals surface area (Å²) in [5.74, 6) is -0.847. The summed E-state index contributed by atoms with van der Waals surface area (Å²) in [6, 6.07) is 11.5. The number of para-hydroxylation sites is 1. The van der Waals surface area contributed by atoms with Crippen LogP contribution in [-0.2, 0) is 4.79 Å². The van der Waals surface area contributed by atoms with Crippen molar-refractivity contribution < 1.29 is 13.9 Å². The van der Waals surface area contributed by atoms with Gasteiger partial charge in [0.1, 0.15) is 0 Å². The van der Waals surface area contributed by atoms with Gasteiger partial charge in [0.05, 0.1) is 5.69 Å². The highest BCUT2D eigenvalue weighted by atomic mass is 79.9. The number of anilines is 1. The molecule has 3 nitrogen and oxygen atoms in total. The molecule has 0 fully saturated rings.